The van der Waals surface area contributed by atoms with Crippen molar-refractivity contribution in [1.82, 2.24) is 24.8 Å². The van der Waals surface area contributed by atoms with Crippen molar-refractivity contribution in [2.24, 2.45) is 0 Å². The van der Waals surface area contributed by atoms with Crippen molar-refractivity contribution in [3.63, 3.8) is 0 Å². The average molecular weight is 593 g/mol. The van der Waals surface area contributed by atoms with Crippen LogP contribution in [0.4, 0.5) is 26.4 Å². The van der Waals surface area contributed by atoms with E-state index in [1.54, 1.807) is 38.6 Å². The summed E-state index contributed by atoms with van der Waals surface area (Å²) in [4.78, 5) is 46.9. The molecule has 1 saturated heterocycles. The molecule has 11 nitrogen and oxygen atoms in total. The predicted molar refractivity (Wildman–Crippen MR) is 166 cm³/mol. The van der Waals surface area contributed by atoms with Crippen LogP contribution in [0.1, 0.15) is 10.4 Å². The molecule has 1 fully saturated rings. The van der Waals surface area contributed by atoms with E-state index in [0.29, 0.717) is 48.8 Å². The SMILES string of the molecule is CN(C)C(=O)c1ccc(NC(=O)Nc2ccc(-c3nc(N4CCOCC4)c4ncc(-c5cccnc5)cc4n3)cc2)cc1F. The molecule has 12 heteroatoms. The molecule has 0 spiro atoms. The van der Waals surface area contributed by atoms with Crippen LogP contribution in [0.2, 0.25) is 0 Å². The van der Waals surface area contributed by atoms with Crippen LogP contribution >= 0.6 is 0 Å². The van der Waals surface area contributed by atoms with Gasteiger partial charge in [0, 0.05) is 73.8 Å². The summed E-state index contributed by atoms with van der Waals surface area (Å²) < 4.78 is 20.0. The molecule has 4 heterocycles. The van der Waals surface area contributed by atoms with Crippen molar-refractivity contribution in [2.45, 2.75) is 0 Å². The molecule has 44 heavy (non-hydrogen) atoms. The monoisotopic (exact) mass is 592 g/mol. The summed E-state index contributed by atoms with van der Waals surface area (Å²) in [6.45, 7) is 2.58. The number of benzene rings is 2. The van der Waals surface area contributed by atoms with Gasteiger partial charge in [0.1, 0.15) is 11.3 Å². The molecule has 1 aliphatic rings. The number of fused-ring (bicyclic) bond motifs is 1. The summed E-state index contributed by atoms with van der Waals surface area (Å²) in [5.41, 5.74) is 4.64. The van der Waals surface area contributed by atoms with Crippen LogP contribution in [0.15, 0.2) is 79.3 Å². The third-order valence-electron chi connectivity index (χ3n) is 7.09. The molecule has 3 aromatic heterocycles. The number of carbonyl (C=O) groups excluding carboxylic acids is 2. The fourth-order valence-corrected chi connectivity index (χ4v) is 4.82. The Morgan fingerprint density at radius 3 is 2.34 bits per heavy atom. The first kappa shape index (κ1) is 28.6. The number of hydrogen-bond donors (Lipinski definition) is 2. The van der Waals surface area contributed by atoms with Gasteiger partial charge in [-0.25, -0.2) is 19.2 Å². The van der Waals surface area contributed by atoms with Crippen molar-refractivity contribution in [3.05, 3.63) is 90.6 Å². The molecule has 0 unspecified atom stereocenters. The number of ether oxygens (including phenoxy) is 1. The lowest BCUT2D eigenvalue weighted by Gasteiger charge is -2.28. The van der Waals surface area contributed by atoms with Gasteiger partial charge in [0.25, 0.3) is 5.91 Å². The van der Waals surface area contributed by atoms with E-state index < -0.39 is 17.8 Å². The van der Waals surface area contributed by atoms with Gasteiger partial charge in [0.2, 0.25) is 0 Å². The maximum absolute atomic E-state index is 14.5. The van der Waals surface area contributed by atoms with Crippen molar-refractivity contribution >= 4 is 40.2 Å². The highest BCUT2D eigenvalue weighted by Gasteiger charge is 2.20. The molecule has 6 rings (SSSR count). The Balaban J connectivity index is 1.24. The molecule has 0 saturated carbocycles. The second-order valence-corrected chi connectivity index (χ2v) is 10.4. The van der Waals surface area contributed by atoms with Gasteiger partial charge in [-0.05, 0) is 54.6 Å². The molecule has 222 valence electrons. The highest BCUT2D eigenvalue weighted by Crippen LogP contribution is 2.30. The minimum Gasteiger partial charge on any atom is -0.378 e. The summed E-state index contributed by atoms with van der Waals surface area (Å²) in [6.07, 6.45) is 5.32. The lowest BCUT2D eigenvalue weighted by atomic mass is 10.1. The Kier molecular flexibility index (Phi) is 8.06. The number of pyridine rings is 2. The quantitative estimate of drug-likeness (QED) is 0.280. The van der Waals surface area contributed by atoms with E-state index in [0.717, 1.165) is 28.6 Å². The number of carbonyl (C=O) groups is 2. The first-order valence-corrected chi connectivity index (χ1v) is 14.0. The molecule has 5 aromatic rings. The summed E-state index contributed by atoms with van der Waals surface area (Å²) in [5, 5.41) is 5.32. The number of aromatic nitrogens is 4. The second-order valence-electron chi connectivity index (χ2n) is 10.4. The van der Waals surface area contributed by atoms with E-state index in [9.17, 15) is 14.0 Å². The molecule has 3 amide bonds. The van der Waals surface area contributed by atoms with Crippen molar-refractivity contribution < 1.29 is 18.7 Å². The zero-order valence-electron chi connectivity index (χ0n) is 24.1. The fourth-order valence-electron chi connectivity index (χ4n) is 4.82. The van der Waals surface area contributed by atoms with E-state index in [2.05, 4.69) is 20.5 Å². The lowest BCUT2D eigenvalue weighted by Crippen LogP contribution is -2.37. The average Bonchev–Trinajstić information content (AvgIpc) is 3.05. The molecule has 0 aliphatic carbocycles. The number of hydrogen-bond acceptors (Lipinski definition) is 8. The Morgan fingerprint density at radius 1 is 0.886 bits per heavy atom. The summed E-state index contributed by atoms with van der Waals surface area (Å²) in [5.74, 6) is 0.0674. The topological polar surface area (TPSA) is 125 Å². The number of halogens is 1. The molecule has 0 atom stereocenters. The minimum atomic E-state index is -0.722. The van der Waals surface area contributed by atoms with Crippen LogP contribution < -0.4 is 15.5 Å². The van der Waals surface area contributed by atoms with Crippen LogP contribution in [0.25, 0.3) is 33.5 Å². The summed E-state index contributed by atoms with van der Waals surface area (Å²) >= 11 is 0. The predicted octanol–water partition coefficient (Wildman–Crippen LogP) is 5.08. The van der Waals surface area contributed by atoms with Gasteiger partial charge in [0.15, 0.2) is 11.6 Å². The maximum Gasteiger partial charge on any atom is 0.323 e. The van der Waals surface area contributed by atoms with Crippen molar-refractivity contribution in [2.75, 3.05) is 55.9 Å². The van der Waals surface area contributed by atoms with Gasteiger partial charge in [0.05, 0.1) is 24.3 Å². The number of amides is 3. The number of nitrogens with one attached hydrogen (secondary N) is 2. The molecule has 2 aromatic carbocycles. The van der Waals surface area contributed by atoms with E-state index >= 15 is 0 Å². The molecule has 0 radical (unpaired) electrons. The number of rotatable bonds is 6. The Labute approximate surface area is 252 Å². The van der Waals surface area contributed by atoms with Crippen molar-refractivity contribution in [3.8, 4) is 22.5 Å². The van der Waals surface area contributed by atoms with E-state index in [-0.39, 0.29) is 11.3 Å². The summed E-state index contributed by atoms with van der Waals surface area (Å²) in [7, 11) is 3.08. The van der Waals surface area contributed by atoms with Crippen LogP contribution in [-0.2, 0) is 4.74 Å². The third-order valence-corrected chi connectivity index (χ3v) is 7.09. The Morgan fingerprint density at radius 2 is 1.64 bits per heavy atom. The normalized spacial score (nSPS) is 13.0. The van der Waals surface area contributed by atoms with E-state index in [1.807, 2.05) is 36.5 Å². The largest absolute Gasteiger partial charge is 0.378 e. The maximum atomic E-state index is 14.5. The molecular formula is C32H29FN8O3. The molecule has 0 bridgehead atoms. The zero-order valence-corrected chi connectivity index (χ0v) is 24.1. The van der Waals surface area contributed by atoms with Crippen LogP contribution in [-0.4, -0.2) is 77.2 Å². The smallest absolute Gasteiger partial charge is 0.323 e. The van der Waals surface area contributed by atoms with Gasteiger partial charge < -0.3 is 25.2 Å². The first-order chi connectivity index (χ1) is 21.4. The van der Waals surface area contributed by atoms with Gasteiger partial charge in [-0.2, -0.15) is 0 Å². The first-order valence-electron chi connectivity index (χ1n) is 14.0. The summed E-state index contributed by atoms with van der Waals surface area (Å²) in [6, 6.07) is 16.3. The van der Waals surface area contributed by atoms with E-state index in [4.69, 9.17) is 19.7 Å². The molecular weight excluding hydrogens is 563 g/mol. The molecule has 1 aliphatic heterocycles. The molecule has 2 N–H and O–H groups in total. The Bertz CT molecular complexity index is 1830. The lowest BCUT2D eigenvalue weighted by molar-refractivity contribution is 0.0823. The Hall–Kier alpha value is -5.49. The number of nitrogens with zero attached hydrogens (tertiary/aromatic N) is 6. The number of anilines is 3. The minimum absolute atomic E-state index is 0.0756. The number of morpholine rings is 1. The van der Waals surface area contributed by atoms with Crippen molar-refractivity contribution in [1.29, 1.82) is 0 Å². The highest BCUT2D eigenvalue weighted by atomic mass is 19.1. The van der Waals surface area contributed by atoms with Crippen LogP contribution in [0.3, 0.4) is 0 Å². The highest BCUT2D eigenvalue weighted by molar-refractivity contribution is 6.00. The van der Waals surface area contributed by atoms with Gasteiger partial charge >= 0.3 is 6.03 Å². The van der Waals surface area contributed by atoms with Gasteiger partial charge in [-0.1, -0.05) is 6.07 Å². The fraction of sp³-hybridized carbons (Fsp3) is 0.188. The van der Waals surface area contributed by atoms with E-state index in [1.165, 1.54) is 17.0 Å². The number of urea groups is 1. The van der Waals surface area contributed by atoms with Crippen LogP contribution in [0, 0.1) is 5.82 Å². The second kappa shape index (κ2) is 12.4. The third kappa shape index (κ3) is 6.15. The zero-order chi connectivity index (χ0) is 30.6. The van der Waals surface area contributed by atoms with Crippen LogP contribution in [0.5, 0.6) is 0 Å². The van der Waals surface area contributed by atoms with Gasteiger partial charge in [-0.15, -0.1) is 0 Å². The van der Waals surface area contributed by atoms with Gasteiger partial charge in [-0.3, -0.25) is 14.8 Å². The standard InChI is InChI=1S/C32H29FN8O3/c1-40(2)31(42)25-10-9-24(17-26(25)33)37-32(43)36-23-7-5-20(6-8-23)29-38-27-16-22(21-4-3-11-34-18-21)19-35-28(27)30(39-29)41-12-14-44-15-13-41/h3-11,16-19H,12-15H2,1-2H3,(H2,36,37,43).